The van der Waals surface area contributed by atoms with Gasteiger partial charge in [-0.05, 0) is 38.8 Å². The number of ether oxygens (including phenoxy) is 1. The Morgan fingerprint density at radius 3 is 2.61 bits per heavy atom. The summed E-state index contributed by atoms with van der Waals surface area (Å²) in [5, 5.41) is 0. The SMILES string of the molecule is Cc1cccc(CN(C)Cc2cnc([C@@H]3CCCCO3)nc2)c1. The van der Waals surface area contributed by atoms with E-state index in [9.17, 15) is 0 Å². The van der Waals surface area contributed by atoms with Gasteiger partial charge >= 0.3 is 0 Å². The molecule has 3 rings (SSSR count). The maximum Gasteiger partial charge on any atom is 0.157 e. The van der Waals surface area contributed by atoms with Gasteiger partial charge < -0.3 is 4.74 Å². The zero-order valence-electron chi connectivity index (χ0n) is 14.0. The van der Waals surface area contributed by atoms with Crippen molar-refractivity contribution >= 4 is 0 Å². The smallest absolute Gasteiger partial charge is 0.157 e. The number of aryl methyl sites for hydroxylation is 1. The Kier molecular flexibility index (Phi) is 5.36. The van der Waals surface area contributed by atoms with Gasteiger partial charge in [-0.1, -0.05) is 29.8 Å². The summed E-state index contributed by atoms with van der Waals surface area (Å²) in [4.78, 5) is 11.3. The number of nitrogens with zero attached hydrogens (tertiary/aromatic N) is 3. The summed E-state index contributed by atoms with van der Waals surface area (Å²) in [5.74, 6) is 0.829. The second-order valence-electron chi connectivity index (χ2n) is 6.47. The zero-order chi connectivity index (χ0) is 16.1. The Morgan fingerprint density at radius 2 is 1.91 bits per heavy atom. The van der Waals surface area contributed by atoms with Crippen LogP contribution >= 0.6 is 0 Å². The van der Waals surface area contributed by atoms with E-state index in [0.29, 0.717) is 0 Å². The van der Waals surface area contributed by atoms with E-state index in [2.05, 4.69) is 53.1 Å². The van der Waals surface area contributed by atoms with Gasteiger partial charge in [0.25, 0.3) is 0 Å². The first-order valence-electron chi connectivity index (χ1n) is 8.37. The normalized spacial score (nSPS) is 18.3. The van der Waals surface area contributed by atoms with Crippen LogP contribution in [0.5, 0.6) is 0 Å². The molecule has 1 atom stereocenters. The summed E-state index contributed by atoms with van der Waals surface area (Å²) in [6, 6.07) is 8.64. The van der Waals surface area contributed by atoms with Crippen LogP contribution in [0.1, 0.15) is 47.9 Å². The highest BCUT2D eigenvalue weighted by Crippen LogP contribution is 2.24. The molecule has 1 saturated heterocycles. The van der Waals surface area contributed by atoms with Crippen LogP contribution in [0.4, 0.5) is 0 Å². The molecule has 4 nitrogen and oxygen atoms in total. The minimum absolute atomic E-state index is 0.0859. The molecule has 0 bridgehead atoms. The van der Waals surface area contributed by atoms with E-state index >= 15 is 0 Å². The Balaban J connectivity index is 1.57. The fraction of sp³-hybridized carbons (Fsp3) is 0.474. The van der Waals surface area contributed by atoms with Crippen molar-refractivity contribution in [1.82, 2.24) is 14.9 Å². The highest BCUT2D eigenvalue weighted by Gasteiger charge is 2.18. The van der Waals surface area contributed by atoms with Crippen LogP contribution in [0.25, 0.3) is 0 Å². The minimum Gasteiger partial charge on any atom is -0.370 e. The summed E-state index contributed by atoms with van der Waals surface area (Å²) < 4.78 is 5.74. The molecule has 2 aromatic rings. The van der Waals surface area contributed by atoms with Crippen molar-refractivity contribution in [3.05, 3.63) is 59.2 Å². The Hall–Kier alpha value is -1.78. The quantitative estimate of drug-likeness (QED) is 0.844. The molecule has 122 valence electrons. The number of hydrogen-bond acceptors (Lipinski definition) is 4. The van der Waals surface area contributed by atoms with E-state index in [1.54, 1.807) is 0 Å². The van der Waals surface area contributed by atoms with E-state index in [4.69, 9.17) is 4.74 Å². The van der Waals surface area contributed by atoms with Crippen LogP contribution in [0.3, 0.4) is 0 Å². The van der Waals surface area contributed by atoms with Gasteiger partial charge in [0.15, 0.2) is 5.82 Å². The molecule has 1 aliphatic rings. The first-order chi connectivity index (χ1) is 11.2. The second kappa shape index (κ2) is 7.66. The molecule has 1 aromatic heterocycles. The van der Waals surface area contributed by atoms with E-state index < -0.39 is 0 Å². The summed E-state index contributed by atoms with van der Waals surface area (Å²) in [5.41, 5.74) is 3.77. The third-order valence-electron chi connectivity index (χ3n) is 4.18. The van der Waals surface area contributed by atoms with Crippen LogP contribution in [-0.2, 0) is 17.8 Å². The molecular weight excluding hydrogens is 286 g/mol. The van der Waals surface area contributed by atoms with Crippen molar-refractivity contribution in [1.29, 1.82) is 0 Å². The van der Waals surface area contributed by atoms with Gasteiger partial charge in [0, 0.05) is 37.7 Å². The van der Waals surface area contributed by atoms with Crippen molar-refractivity contribution < 1.29 is 4.74 Å². The lowest BCUT2D eigenvalue weighted by Crippen LogP contribution is -2.18. The topological polar surface area (TPSA) is 38.2 Å². The van der Waals surface area contributed by atoms with Crippen LogP contribution in [0.2, 0.25) is 0 Å². The lowest BCUT2D eigenvalue weighted by Gasteiger charge is -2.21. The molecule has 1 fully saturated rings. The fourth-order valence-corrected chi connectivity index (χ4v) is 3.05. The molecule has 4 heteroatoms. The molecule has 0 amide bonds. The highest BCUT2D eigenvalue weighted by atomic mass is 16.5. The zero-order valence-corrected chi connectivity index (χ0v) is 14.0. The maximum absolute atomic E-state index is 5.74. The summed E-state index contributed by atoms with van der Waals surface area (Å²) in [6.07, 6.45) is 7.35. The van der Waals surface area contributed by atoms with E-state index in [-0.39, 0.29) is 6.10 Å². The van der Waals surface area contributed by atoms with E-state index in [1.807, 2.05) is 12.4 Å². The molecule has 0 radical (unpaired) electrons. The van der Waals surface area contributed by atoms with Crippen molar-refractivity contribution in [2.45, 2.75) is 45.4 Å². The summed E-state index contributed by atoms with van der Waals surface area (Å²) in [7, 11) is 2.13. The molecule has 0 saturated carbocycles. The van der Waals surface area contributed by atoms with Crippen molar-refractivity contribution in [2.75, 3.05) is 13.7 Å². The van der Waals surface area contributed by atoms with Crippen LogP contribution in [0.15, 0.2) is 36.7 Å². The standard InChI is InChI=1S/C19H25N3O/c1-15-6-5-7-16(10-15)13-22(2)14-17-11-20-19(21-12-17)18-8-3-4-9-23-18/h5-7,10-12,18H,3-4,8-9,13-14H2,1-2H3/t18-/m0/s1. The third kappa shape index (κ3) is 4.60. The Morgan fingerprint density at radius 1 is 1.13 bits per heavy atom. The molecule has 23 heavy (non-hydrogen) atoms. The lowest BCUT2D eigenvalue weighted by molar-refractivity contribution is 0.00938. The third-order valence-corrected chi connectivity index (χ3v) is 4.18. The summed E-state index contributed by atoms with van der Waals surface area (Å²) >= 11 is 0. The average Bonchev–Trinajstić information content (AvgIpc) is 2.56. The maximum atomic E-state index is 5.74. The van der Waals surface area contributed by atoms with Crippen LogP contribution < -0.4 is 0 Å². The molecule has 2 heterocycles. The van der Waals surface area contributed by atoms with Gasteiger partial charge in [0.05, 0.1) is 0 Å². The second-order valence-corrected chi connectivity index (χ2v) is 6.47. The van der Waals surface area contributed by atoms with Gasteiger partial charge in [-0.3, -0.25) is 4.90 Å². The van der Waals surface area contributed by atoms with Gasteiger partial charge in [0.2, 0.25) is 0 Å². The Labute approximate surface area is 138 Å². The lowest BCUT2D eigenvalue weighted by atomic mass is 10.1. The van der Waals surface area contributed by atoms with E-state index in [0.717, 1.165) is 43.9 Å². The average molecular weight is 311 g/mol. The van der Waals surface area contributed by atoms with Crippen LogP contribution in [0, 0.1) is 6.92 Å². The molecular formula is C19H25N3O. The van der Waals surface area contributed by atoms with Gasteiger partial charge in [-0.2, -0.15) is 0 Å². The van der Waals surface area contributed by atoms with Crippen molar-refractivity contribution in [2.24, 2.45) is 0 Å². The van der Waals surface area contributed by atoms with Crippen LogP contribution in [-0.4, -0.2) is 28.5 Å². The van der Waals surface area contributed by atoms with Crippen molar-refractivity contribution in [3.63, 3.8) is 0 Å². The first kappa shape index (κ1) is 16.1. The summed E-state index contributed by atoms with van der Waals surface area (Å²) in [6.45, 7) is 4.73. The molecule has 0 aliphatic carbocycles. The number of rotatable bonds is 5. The monoisotopic (exact) mass is 311 g/mol. The van der Waals surface area contributed by atoms with Crippen molar-refractivity contribution in [3.8, 4) is 0 Å². The van der Waals surface area contributed by atoms with E-state index in [1.165, 1.54) is 17.5 Å². The first-order valence-corrected chi connectivity index (χ1v) is 8.37. The highest BCUT2D eigenvalue weighted by molar-refractivity contribution is 5.22. The number of hydrogen-bond donors (Lipinski definition) is 0. The minimum atomic E-state index is 0.0859. The molecule has 0 N–H and O–H groups in total. The molecule has 1 aromatic carbocycles. The largest absolute Gasteiger partial charge is 0.370 e. The molecule has 0 unspecified atom stereocenters. The van der Waals surface area contributed by atoms with Gasteiger partial charge in [-0.15, -0.1) is 0 Å². The fourth-order valence-electron chi connectivity index (χ4n) is 3.05. The van der Waals surface area contributed by atoms with Gasteiger partial charge in [0.1, 0.15) is 6.10 Å². The number of aromatic nitrogens is 2. The van der Waals surface area contributed by atoms with Gasteiger partial charge in [-0.25, -0.2) is 9.97 Å². The molecule has 1 aliphatic heterocycles. The number of benzene rings is 1. The predicted octanol–water partition coefficient (Wildman–Crippen LogP) is 3.66. The predicted molar refractivity (Wildman–Crippen MR) is 90.9 cm³/mol. The molecule has 0 spiro atoms. The Bertz CT molecular complexity index is 621.